The van der Waals surface area contributed by atoms with Gasteiger partial charge in [-0.25, -0.2) is 0 Å². The van der Waals surface area contributed by atoms with E-state index in [9.17, 15) is 20.4 Å². The summed E-state index contributed by atoms with van der Waals surface area (Å²) < 4.78 is 6.93. The minimum absolute atomic E-state index is 0.428. The molecule has 4 N–H and O–H groups in total. The van der Waals surface area contributed by atoms with Crippen LogP contribution in [0.4, 0.5) is 0 Å². The molecule has 5 nitrogen and oxygen atoms in total. The number of ether oxygens (including phenoxy) is 1. The van der Waals surface area contributed by atoms with Crippen LogP contribution in [0.2, 0.25) is 0 Å². The zero-order valence-electron chi connectivity index (χ0n) is 15.5. The van der Waals surface area contributed by atoms with E-state index in [1.54, 1.807) is 11.3 Å². The van der Waals surface area contributed by atoms with Crippen molar-refractivity contribution >= 4 is 21.4 Å². The van der Waals surface area contributed by atoms with E-state index < -0.39 is 37.1 Å². The molecule has 1 fully saturated rings. The van der Waals surface area contributed by atoms with E-state index >= 15 is 0 Å². The van der Waals surface area contributed by atoms with Crippen LogP contribution in [0.1, 0.15) is 27.7 Å². The van der Waals surface area contributed by atoms with E-state index in [-0.39, 0.29) is 0 Å². The van der Waals surface area contributed by atoms with Gasteiger partial charge in [-0.3, -0.25) is 0 Å². The van der Waals surface area contributed by atoms with Gasteiger partial charge in [-0.15, -0.1) is 11.3 Å². The maximum Gasteiger partial charge on any atom is 0.113 e. The quantitative estimate of drug-likeness (QED) is 0.540. The maximum atomic E-state index is 10.4. The summed E-state index contributed by atoms with van der Waals surface area (Å²) in [5.41, 5.74) is 3.02. The smallest absolute Gasteiger partial charge is 0.113 e. The molecular formula is C22H24O5S. The lowest BCUT2D eigenvalue weighted by Gasteiger charge is -2.40. The first-order chi connectivity index (χ1) is 13.5. The molecule has 2 aromatic carbocycles. The topological polar surface area (TPSA) is 90.2 Å². The number of benzene rings is 2. The third kappa shape index (κ3) is 3.72. The zero-order valence-corrected chi connectivity index (χ0v) is 16.3. The van der Waals surface area contributed by atoms with Gasteiger partial charge in [0.05, 0.1) is 6.61 Å². The van der Waals surface area contributed by atoms with Crippen LogP contribution >= 0.6 is 11.3 Å². The van der Waals surface area contributed by atoms with E-state index in [1.165, 1.54) is 20.5 Å². The molecule has 3 aromatic rings. The van der Waals surface area contributed by atoms with Crippen LogP contribution in [0, 0.1) is 6.92 Å². The van der Waals surface area contributed by atoms with Crippen molar-refractivity contribution in [2.75, 3.05) is 6.61 Å². The van der Waals surface area contributed by atoms with E-state index in [1.807, 2.05) is 24.3 Å². The van der Waals surface area contributed by atoms with E-state index in [0.717, 1.165) is 12.0 Å². The minimum Gasteiger partial charge on any atom is -0.394 e. The molecule has 0 saturated carbocycles. The van der Waals surface area contributed by atoms with E-state index in [0.29, 0.717) is 5.56 Å². The summed E-state index contributed by atoms with van der Waals surface area (Å²) in [5.74, 6) is 0. The molecule has 0 unspecified atom stereocenters. The fourth-order valence-electron chi connectivity index (χ4n) is 3.76. The molecule has 1 aliphatic rings. The Hall–Kier alpha value is -1.80. The lowest BCUT2D eigenvalue weighted by Crippen LogP contribution is -2.55. The standard InChI is InChI=1S/C22H24O5S/c1-12-5-6-18-15(7-12)10-16(28-18)9-13-3-2-4-14(8-13)22-21(26)20(25)19(24)17(11-23)27-22/h2-8,10,17,19-26H,9,11H2,1H3/t17-,19-,20+,21-,22+/m1/s1. The molecule has 0 bridgehead atoms. The summed E-state index contributed by atoms with van der Waals surface area (Å²) in [4.78, 5) is 1.24. The molecule has 1 aliphatic heterocycles. The summed E-state index contributed by atoms with van der Waals surface area (Å²) >= 11 is 1.76. The van der Waals surface area contributed by atoms with Gasteiger partial charge >= 0.3 is 0 Å². The van der Waals surface area contributed by atoms with Crippen molar-refractivity contribution in [3.8, 4) is 0 Å². The third-order valence-corrected chi connectivity index (χ3v) is 6.39. The molecule has 5 atom stereocenters. The number of fused-ring (bicyclic) bond motifs is 1. The average molecular weight is 400 g/mol. The Morgan fingerprint density at radius 2 is 1.79 bits per heavy atom. The second kappa shape index (κ2) is 7.91. The molecule has 28 heavy (non-hydrogen) atoms. The Morgan fingerprint density at radius 1 is 0.964 bits per heavy atom. The van der Waals surface area contributed by atoms with Gasteiger partial charge in [-0.05, 0) is 35.6 Å². The molecule has 2 heterocycles. The fraction of sp³-hybridized carbons (Fsp3) is 0.364. The van der Waals surface area contributed by atoms with E-state index in [4.69, 9.17) is 4.74 Å². The molecular weight excluding hydrogens is 376 g/mol. The molecule has 0 spiro atoms. The predicted molar refractivity (Wildman–Crippen MR) is 109 cm³/mol. The average Bonchev–Trinajstić information content (AvgIpc) is 3.08. The first kappa shape index (κ1) is 19.5. The lowest BCUT2D eigenvalue weighted by molar-refractivity contribution is -0.231. The highest BCUT2D eigenvalue weighted by Crippen LogP contribution is 2.34. The number of thiophene rings is 1. The second-order valence-corrected chi connectivity index (χ2v) is 8.59. The largest absolute Gasteiger partial charge is 0.394 e. The number of rotatable bonds is 4. The van der Waals surface area contributed by atoms with Crippen molar-refractivity contribution in [1.29, 1.82) is 0 Å². The van der Waals surface area contributed by atoms with Gasteiger partial charge in [0.25, 0.3) is 0 Å². The Morgan fingerprint density at radius 3 is 2.57 bits per heavy atom. The Bertz CT molecular complexity index is 966. The van der Waals surface area contributed by atoms with Crippen LogP contribution in [-0.2, 0) is 11.2 Å². The highest BCUT2D eigenvalue weighted by molar-refractivity contribution is 7.19. The molecule has 1 aromatic heterocycles. The third-order valence-electron chi connectivity index (χ3n) is 5.27. The van der Waals surface area contributed by atoms with Gasteiger partial charge in [0.15, 0.2) is 0 Å². The van der Waals surface area contributed by atoms with Crippen LogP contribution in [0.3, 0.4) is 0 Å². The molecule has 148 valence electrons. The van der Waals surface area contributed by atoms with Crippen molar-refractivity contribution in [3.05, 3.63) is 70.1 Å². The maximum absolute atomic E-state index is 10.4. The summed E-state index contributed by atoms with van der Waals surface area (Å²) in [6, 6.07) is 16.3. The van der Waals surface area contributed by atoms with E-state index in [2.05, 4.69) is 31.2 Å². The first-order valence-electron chi connectivity index (χ1n) is 9.34. The van der Waals surface area contributed by atoms with Gasteiger partial charge in [-0.1, -0.05) is 42.0 Å². The molecule has 0 aliphatic carbocycles. The fourth-order valence-corrected chi connectivity index (χ4v) is 4.84. The number of aliphatic hydroxyl groups excluding tert-OH is 4. The van der Waals surface area contributed by atoms with Crippen LogP contribution in [0.5, 0.6) is 0 Å². The van der Waals surface area contributed by atoms with Crippen molar-refractivity contribution in [1.82, 2.24) is 0 Å². The molecule has 6 heteroatoms. The van der Waals surface area contributed by atoms with Crippen molar-refractivity contribution in [3.63, 3.8) is 0 Å². The van der Waals surface area contributed by atoms with Crippen LogP contribution < -0.4 is 0 Å². The summed E-state index contributed by atoms with van der Waals surface area (Å²) in [6.07, 6.45) is -4.94. The minimum atomic E-state index is -1.37. The van der Waals surface area contributed by atoms with Crippen molar-refractivity contribution < 1.29 is 25.2 Å². The Labute approximate surface area is 167 Å². The van der Waals surface area contributed by atoms with Crippen LogP contribution in [0.15, 0.2) is 48.5 Å². The van der Waals surface area contributed by atoms with Gasteiger partial charge in [0, 0.05) is 16.0 Å². The van der Waals surface area contributed by atoms with Gasteiger partial charge in [-0.2, -0.15) is 0 Å². The van der Waals surface area contributed by atoms with Crippen LogP contribution in [-0.4, -0.2) is 51.4 Å². The molecule has 4 rings (SSSR count). The second-order valence-electron chi connectivity index (χ2n) is 7.43. The van der Waals surface area contributed by atoms with Crippen molar-refractivity contribution in [2.45, 2.75) is 43.9 Å². The SMILES string of the molecule is Cc1ccc2sc(Cc3cccc([C@@H]4O[C@H](CO)[C@@H](O)[C@H](O)[C@H]4O)c3)cc2c1. The normalized spacial score (nSPS) is 28.0. The summed E-state index contributed by atoms with van der Waals surface area (Å²) in [5, 5.41) is 41.0. The number of aliphatic hydroxyl groups is 4. The van der Waals surface area contributed by atoms with Crippen molar-refractivity contribution in [2.24, 2.45) is 0 Å². The Balaban J connectivity index is 1.58. The van der Waals surface area contributed by atoms with Gasteiger partial charge in [0.2, 0.25) is 0 Å². The first-order valence-corrected chi connectivity index (χ1v) is 10.2. The molecule has 1 saturated heterocycles. The Kier molecular flexibility index (Phi) is 5.51. The van der Waals surface area contributed by atoms with Gasteiger partial charge in [0.1, 0.15) is 30.5 Å². The number of aryl methyl sites for hydroxylation is 1. The highest BCUT2D eigenvalue weighted by atomic mass is 32.1. The molecule has 0 amide bonds. The zero-order chi connectivity index (χ0) is 19.8. The summed E-state index contributed by atoms with van der Waals surface area (Å²) in [6.45, 7) is 1.66. The number of hydrogen-bond acceptors (Lipinski definition) is 6. The van der Waals surface area contributed by atoms with Crippen LogP contribution in [0.25, 0.3) is 10.1 Å². The molecule has 0 radical (unpaired) electrons. The highest BCUT2D eigenvalue weighted by Gasteiger charge is 2.43. The predicted octanol–water partition coefficient (Wildman–Crippen LogP) is 2.32. The summed E-state index contributed by atoms with van der Waals surface area (Å²) in [7, 11) is 0. The number of hydrogen-bond donors (Lipinski definition) is 4. The lowest BCUT2D eigenvalue weighted by atomic mass is 9.90. The van der Waals surface area contributed by atoms with Gasteiger partial charge < -0.3 is 25.2 Å². The monoisotopic (exact) mass is 400 g/mol.